The van der Waals surface area contributed by atoms with E-state index in [1.165, 1.54) is 0 Å². The summed E-state index contributed by atoms with van der Waals surface area (Å²) in [5.74, 6) is 0.447. The lowest BCUT2D eigenvalue weighted by atomic mass is 10.2. The molecule has 0 saturated carbocycles. The molecule has 0 bridgehead atoms. The van der Waals surface area contributed by atoms with E-state index in [0.29, 0.717) is 17.2 Å². The molecule has 27 heavy (non-hydrogen) atoms. The fourth-order valence-corrected chi connectivity index (χ4v) is 2.95. The molecular formula is C21H16BrClN2O2. The minimum Gasteiger partial charge on any atom is -0.489 e. The normalized spacial score (nSPS) is 10.7. The van der Waals surface area contributed by atoms with Crippen LogP contribution in [0.15, 0.2) is 82.4 Å². The number of halogens is 2. The predicted molar refractivity (Wildman–Crippen MR) is 111 cm³/mol. The van der Waals surface area contributed by atoms with Gasteiger partial charge in [-0.05, 0) is 64.0 Å². The summed E-state index contributed by atoms with van der Waals surface area (Å²) in [6, 6.07) is 22.1. The van der Waals surface area contributed by atoms with Gasteiger partial charge in [-0.25, -0.2) is 5.43 Å². The number of amides is 1. The summed E-state index contributed by atoms with van der Waals surface area (Å²) < 4.78 is 6.46. The standard InChI is InChI=1S/C21H16BrClN2O2/c22-19-7-3-2-6-18(19)21(26)25-24-13-15-9-11-17(12-10-15)27-14-16-5-1-4-8-20(16)23/h1-13H,14H2,(H,25,26). The van der Waals surface area contributed by atoms with Crippen LogP contribution in [-0.4, -0.2) is 12.1 Å². The highest BCUT2D eigenvalue weighted by molar-refractivity contribution is 9.10. The second-order valence-electron chi connectivity index (χ2n) is 5.63. The molecule has 0 fully saturated rings. The van der Waals surface area contributed by atoms with E-state index in [0.717, 1.165) is 21.3 Å². The van der Waals surface area contributed by atoms with Gasteiger partial charge in [0.15, 0.2) is 0 Å². The van der Waals surface area contributed by atoms with E-state index in [1.54, 1.807) is 24.4 Å². The van der Waals surface area contributed by atoms with Crippen molar-refractivity contribution in [3.8, 4) is 5.75 Å². The molecule has 0 atom stereocenters. The number of benzene rings is 3. The fourth-order valence-electron chi connectivity index (χ4n) is 2.30. The van der Waals surface area contributed by atoms with Crippen molar-refractivity contribution in [1.29, 1.82) is 0 Å². The number of ether oxygens (including phenoxy) is 1. The smallest absolute Gasteiger partial charge is 0.272 e. The lowest BCUT2D eigenvalue weighted by Crippen LogP contribution is -2.18. The summed E-state index contributed by atoms with van der Waals surface area (Å²) in [4.78, 5) is 12.1. The Hall–Kier alpha value is -2.63. The minimum atomic E-state index is -0.279. The molecule has 136 valence electrons. The number of carbonyl (C=O) groups excluding carboxylic acids is 1. The van der Waals surface area contributed by atoms with Crippen LogP contribution in [0.1, 0.15) is 21.5 Å². The van der Waals surface area contributed by atoms with Crippen LogP contribution in [0.4, 0.5) is 0 Å². The Labute approximate surface area is 171 Å². The lowest BCUT2D eigenvalue weighted by Gasteiger charge is -2.07. The highest BCUT2D eigenvalue weighted by Gasteiger charge is 2.07. The van der Waals surface area contributed by atoms with E-state index >= 15 is 0 Å². The Morgan fingerprint density at radius 2 is 1.74 bits per heavy atom. The Bertz CT molecular complexity index is 958. The van der Waals surface area contributed by atoms with E-state index in [-0.39, 0.29) is 5.91 Å². The highest BCUT2D eigenvalue weighted by atomic mass is 79.9. The van der Waals surface area contributed by atoms with Crippen molar-refractivity contribution in [2.24, 2.45) is 5.10 Å². The third-order valence-electron chi connectivity index (χ3n) is 3.73. The summed E-state index contributed by atoms with van der Waals surface area (Å²) in [5, 5.41) is 4.67. The number of hydrogen-bond acceptors (Lipinski definition) is 3. The van der Waals surface area contributed by atoms with Gasteiger partial charge in [-0.3, -0.25) is 4.79 Å². The Morgan fingerprint density at radius 1 is 1.04 bits per heavy atom. The molecule has 0 aliphatic rings. The average Bonchev–Trinajstić information content (AvgIpc) is 2.68. The van der Waals surface area contributed by atoms with Gasteiger partial charge in [-0.15, -0.1) is 0 Å². The van der Waals surface area contributed by atoms with Crippen LogP contribution in [0.3, 0.4) is 0 Å². The van der Waals surface area contributed by atoms with Crippen molar-refractivity contribution in [3.63, 3.8) is 0 Å². The van der Waals surface area contributed by atoms with Crippen LogP contribution >= 0.6 is 27.5 Å². The van der Waals surface area contributed by atoms with Crippen LogP contribution in [0.2, 0.25) is 5.02 Å². The van der Waals surface area contributed by atoms with E-state index < -0.39 is 0 Å². The van der Waals surface area contributed by atoms with Gasteiger partial charge in [-0.2, -0.15) is 5.10 Å². The van der Waals surface area contributed by atoms with E-state index in [9.17, 15) is 4.79 Å². The summed E-state index contributed by atoms with van der Waals surface area (Å²) in [5.41, 5.74) is 4.81. The lowest BCUT2D eigenvalue weighted by molar-refractivity contribution is 0.0954. The molecule has 1 N–H and O–H groups in total. The molecule has 1 amide bonds. The fraction of sp³-hybridized carbons (Fsp3) is 0.0476. The van der Waals surface area contributed by atoms with Crippen molar-refractivity contribution in [1.82, 2.24) is 5.43 Å². The summed E-state index contributed by atoms with van der Waals surface area (Å²) in [7, 11) is 0. The van der Waals surface area contributed by atoms with Gasteiger partial charge in [0, 0.05) is 15.1 Å². The largest absolute Gasteiger partial charge is 0.489 e. The third-order valence-corrected chi connectivity index (χ3v) is 4.79. The predicted octanol–water partition coefficient (Wildman–Crippen LogP) is 5.45. The monoisotopic (exact) mass is 442 g/mol. The van der Waals surface area contributed by atoms with Gasteiger partial charge >= 0.3 is 0 Å². The van der Waals surface area contributed by atoms with Gasteiger partial charge in [-0.1, -0.05) is 41.9 Å². The maximum Gasteiger partial charge on any atom is 0.272 e. The van der Waals surface area contributed by atoms with Gasteiger partial charge in [0.25, 0.3) is 5.91 Å². The number of hydrogen-bond donors (Lipinski definition) is 1. The molecule has 0 saturated heterocycles. The van der Waals surface area contributed by atoms with Gasteiger partial charge in [0.1, 0.15) is 12.4 Å². The maximum atomic E-state index is 12.1. The zero-order valence-electron chi connectivity index (χ0n) is 14.2. The molecule has 3 aromatic rings. The quantitative estimate of drug-likeness (QED) is 0.407. The van der Waals surface area contributed by atoms with Crippen LogP contribution in [0.25, 0.3) is 0 Å². The Kier molecular flexibility index (Phi) is 6.63. The number of nitrogens with one attached hydrogen (secondary N) is 1. The van der Waals surface area contributed by atoms with E-state index in [4.69, 9.17) is 16.3 Å². The van der Waals surface area contributed by atoms with Crippen molar-refractivity contribution < 1.29 is 9.53 Å². The second-order valence-corrected chi connectivity index (χ2v) is 6.89. The van der Waals surface area contributed by atoms with Crippen LogP contribution < -0.4 is 10.2 Å². The molecular weight excluding hydrogens is 428 g/mol. The summed E-state index contributed by atoms with van der Waals surface area (Å²) >= 11 is 9.46. The average molecular weight is 444 g/mol. The van der Waals surface area contributed by atoms with Crippen molar-refractivity contribution in [2.75, 3.05) is 0 Å². The maximum absolute atomic E-state index is 12.1. The van der Waals surface area contributed by atoms with Crippen LogP contribution in [0, 0.1) is 0 Å². The highest BCUT2D eigenvalue weighted by Crippen LogP contribution is 2.19. The van der Waals surface area contributed by atoms with E-state index in [1.807, 2.05) is 54.6 Å². The van der Waals surface area contributed by atoms with Crippen molar-refractivity contribution in [3.05, 3.63) is 99.0 Å². The molecule has 0 spiro atoms. The summed E-state index contributed by atoms with van der Waals surface area (Å²) in [6.07, 6.45) is 1.58. The Morgan fingerprint density at radius 3 is 2.48 bits per heavy atom. The molecule has 3 rings (SSSR count). The topological polar surface area (TPSA) is 50.7 Å². The number of carbonyl (C=O) groups is 1. The minimum absolute atomic E-state index is 0.279. The SMILES string of the molecule is O=C(NN=Cc1ccc(OCc2ccccc2Cl)cc1)c1ccccc1Br. The first-order chi connectivity index (χ1) is 13.1. The van der Waals surface area contributed by atoms with Gasteiger partial charge in [0.2, 0.25) is 0 Å². The Balaban J connectivity index is 1.54. The molecule has 0 aromatic heterocycles. The molecule has 6 heteroatoms. The summed E-state index contributed by atoms with van der Waals surface area (Å²) in [6.45, 7) is 0.398. The van der Waals surface area contributed by atoms with Crippen LogP contribution in [0.5, 0.6) is 5.75 Å². The van der Waals surface area contributed by atoms with E-state index in [2.05, 4.69) is 26.5 Å². The molecule has 0 radical (unpaired) electrons. The van der Waals surface area contributed by atoms with Crippen LogP contribution in [-0.2, 0) is 6.61 Å². The molecule has 0 unspecified atom stereocenters. The number of hydrazone groups is 1. The number of nitrogens with zero attached hydrogens (tertiary/aromatic N) is 1. The van der Waals surface area contributed by atoms with Gasteiger partial charge in [0.05, 0.1) is 11.8 Å². The van der Waals surface area contributed by atoms with Crippen molar-refractivity contribution >= 4 is 39.7 Å². The zero-order valence-corrected chi connectivity index (χ0v) is 16.6. The molecule has 3 aromatic carbocycles. The first-order valence-electron chi connectivity index (χ1n) is 8.17. The zero-order chi connectivity index (χ0) is 19.1. The molecule has 0 heterocycles. The van der Waals surface area contributed by atoms with Gasteiger partial charge < -0.3 is 4.74 Å². The number of rotatable bonds is 6. The third kappa shape index (κ3) is 5.42. The molecule has 0 aliphatic carbocycles. The van der Waals surface area contributed by atoms with Crippen molar-refractivity contribution in [2.45, 2.75) is 6.61 Å². The molecule has 4 nitrogen and oxygen atoms in total. The second kappa shape index (κ2) is 9.35. The first kappa shape index (κ1) is 19.1. The molecule has 0 aliphatic heterocycles. The first-order valence-corrected chi connectivity index (χ1v) is 9.35.